The molecule has 1 rings (SSSR count). The molecule has 0 amide bonds. The summed E-state index contributed by atoms with van der Waals surface area (Å²) in [6, 6.07) is 8.82. The number of benzene rings is 1. The van der Waals surface area contributed by atoms with E-state index in [1.165, 1.54) is 5.41 Å². The number of hydrogen-bond acceptors (Lipinski definition) is 3. The third-order valence-electron chi connectivity index (χ3n) is 1.38. The highest BCUT2D eigenvalue weighted by atomic mass is 35.5. The van der Waals surface area contributed by atoms with Gasteiger partial charge in [-0.3, -0.25) is 9.59 Å². The summed E-state index contributed by atoms with van der Waals surface area (Å²) in [7, 11) is 0. The molecule has 4 heteroatoms. The summed E-state index contributed by atoms with van der Waals surface area (Å²) in [6.07, 6.45) is 1.15. The molecule has 0 aromatic heterocycles. The quantitative estimate of drug-likeness (QED) is 0.587. The molecule has 0 N–H and O–H groups in total. The molecule has 0 aliphatic rings. The largest absolute Gasteiger partial charge is 0.281 e. The molecule has 0 radical (unpaired) electrons. The van der Waals surface area contributed by atoms with Crippen LogP contribution >= 0.6 is 23.4 Å². The van der Waals surface area contributed by atoms with Crippen molar-refractivity contribution in [1.29, 1.82) is 0 Å². The van der Waals surface area contributed by atoms with Crippen LogP contribution in [0.2, 0.25) is 0 Å². The minimum absolute atomic E-state index is 0.111. The number of thioether (sulfide) groups is 1. The van der Waals surface area contributed by atoms with Crippen LogP contribution in [0.3, 0.4) is 0 Å². The first-order chi connectivity index (χ1) is 6.70. The summed E-state index contributed by atoms with van der Waals surface area (Å²) in [6.45, 7) is 0. The summed E-state index contributed by atoms with van der Waals surface area (Å²) in [5.41, 5.74) is 0.601. The molecule has 0 heterocycles. The molecule has 0 spiro atoms. The molecule has 0 fully saturated rings. The number of allylic oxidation sites excluding steroid dienone is 1. The van der Waals surface area contributed by atoms with Crippen molar-refractivity contribution in [2.75, 3.05) is 0 Å². The molecule has 0 aliphatic carbocycles. The van der Waals surface area contributed by atoms with Crippen LogP contribution in [0.4, 0.5) is 0 Å². The molecule has 0 saturated heterocycles. The highest BCUT2D eigenvalue weighted by molar-refractivity contribution is 8.16. The van der Waals surface area contributed by atoms with Crippen LogP contribution in [0.5, 0.6) is 0 Å². The molecule has 1 aromatic carbocycles. The van der Waals surface area contributed by atoms with Crippen molar-refractivity contribution in [1.82, 2.24) is 0 Å². The van der Waals surface area contributed by atoms with Crippen molar-refractivity contribution in [2.24, 2.45) is 0 Å². The maximum atomic E-state index is 11.4. The van der Waals surface area contributed by atoms with E-state index in [-0.39, 0.29) is 5.12 Å². The minimum atomic E-state index is -0.585. The Hall–Kier alpha value is -1.06. The second kappa shape index (κ2) is 5.62. The van der Waals surface area contributed by atoms with Crippen molar-refractivity contribution < 1.29 is 9.59 Å². The molecule has 1 aromatic rings. The number of carbonyl (C=O) groups is 2. The van der Waals surface area contributed by atoms with Gasteiger partial charge in [-0.15, -0.1) is 0 Å². The molecule has 2 nitrogen and oxygen atoms in total. The Morgan fingerprint density at radius 1 is 1.21 bits per heavy atom. The van der Waals surface area contributed by atoms with Gasteiger partial charge < -0.3 is 0 Å². The first-order valence-corrected chi connectivity index (χ1v) is 5.08. The summed E-state index contributed by atoms with van der Waals surface area (Å²) in [5, 5.41) is 0.683. The van der Waals surface area contributed by atoms with Gasteiger partial charge >= 0.3 is 0 Å². The van der Waals surface area contributed by atoms with E-state index in [1.807, 2.05) is 6.07 Å². The Balaban J connectivity index is 2.56. The Labute approximate surface area is 91.0 Å². The van der Waals surface area contributed by atoms with E-state index in [0.29, 0.717) is 5.56 Å². The molecule has 14 heavy (non-hydrogen) atoms. The molecule has 0 bridgehead atoms. The van der Waals surface area contributed by atoms with Crippen molar-refractivity contribution in [3.8, 4) is 0 Å². The van der Waals surface area contributed by atoms with E-state index in [0.717, 1.165) is 17.8 Å². The van der Waals surface area contributed by atoms with Crippen LogP contribution in [-0.4, -0.2) is 10.4 Å². The smallest absolute Gasteiger partial charge is 0.245 e. The summed E-state index contributed by atoms with van der Waals surface area (Å²) >= 11 is 5.99. The summed E-state index contributed by atoms with van der Waals surface area (Å²) < 4.78 is 0. The molecular formula is C10H7ClO2S. The van der Waals surface area contributed by atoms with E-state index >= 15 is 0 Å². The lowest BCUT2D eigenvalue weighted by Crippen LogP contribution is -1.89. The van der Waals surface area contributed by atoms with Crippen molar-refractivity contribution in [3.63, 3.8) is 0 Å². The summed E-state index contributed by atoms with van der Waals surface area (Å²) in [4.78, 5) is 21.7. The first kappa shape index (κ1) is 11.0. The Morgan fingerprint density at radius 3 is 2.43 bits per heavy atom. The third-order valence-corrected chi connectivity index (χ3v) is 2.23. The van der Waals surface area contributed by atoms with Crippen molar-refractivity contribution >= 4 is 33.7 Å². The van der Waals surface area contributed by atoms with E-state index in [9.17, 15) is 9.59 Å². The number of rotatable bonds is 3. The molecule has 0 atom stereocenters. The lowest BCUT2D eigenvalue weighted by molar-refractivity contribution is -0.107. The fourth-order valence-electron chi connectivity index (χ4n) is 0.792. The highest BCUT2D eigenvalue weighted by Crippen LogP contribution is 2.12. The zero-order valence-electron chi connectivity index (χ0n) is 7.14. The van der Waals surface area contributed by atoms with Crippen LogP contribution < -0.4 is 0 Å². The van der Waals surface area contributed by atoms with Gasteiger partial charge in [0.15, 0.2) is 0 Å². The molecule has 0 unspecified atom stereocenters. The zero-order valence-corrected chi connectivity index (χ0v) is 8.72. The normalized spacial score (nSPS) is 10.4. The van der Waals surface area contributed by atoms with Gasteiger partial charge in [-0.05, 0) is 17.0 Å². The highest BCUT2D eigenvalue weighted by Gasteiger charge is 2.02. The van der Waals surface area contributed by atoms with Gasteiger partial charge in [-0.25, -0.2) is 0 Å². The maximum Gasteiger partial charge on any atom is 0.245 e. The van der Waals surface area contributed by atoms with E-state index in [1.54, 1.807) is 24.3 Å². The molecule has 0 aliphatic heterocycles. The number of halogens is 1. The van der Waals surface area contributed by atoms with Crippen LogP contribution in [0.1, 0.15) is 10.4 Å². The van der Waals surface area contributed by atoms with Gasteiger partial charge in [0.25, 0.3) is 0 Å². The Bertz CT molecular complexity index is 360. The third kappa shape index (κ3) is 3.77. The average Bonchev–Trinajstić information content (AvgIpc) is 2.18. The van der Waals surface area contributed by atoms with Gasteiger partial charge in [0.1, 0.15) is 0 Å². The predicted octanol–water partition coefficient (Wildman–Crippen LogP) is 2.84. The lowest BCUT2D eigenvalue weighted by Gasteiger charge is -1.94. The van der Waals surface area contributed by atoms with E-state index in [2.05, 4.69) is 0 Å². The fraction of sp³-hybridized carbons (Fsp3) is 0. The standard InChI is InChI=1S/C10H7ClO2S/c11-9(12)6-7-14-10(13)8-4-2-1-3-5-8/h1-7H/b7-6-. The van der Waals surface area contributed by atoms with Gasteiger partial charge in [-0.1, -0.05) is 42.1 Å². The maximum absolute atomic E-state index is 11.4. The molecule has 0 saturated carbocycles. The molecule has 72 valence electrons. The van der Waals surface area contributed by atoms with E-state index < -0.39 is 5.24 Å². The SMILES string of the molecule is O=C(Cl)/C=C\SC(=O)c1ccccc1. The topological polar surface area (TPSA) is 34.1 Å². The van der Waals surface area contributed by atoms with E-state index in [4.69, 9.17) is 11.6 Å². The van der Waals surface area contributed by atoms with Gasteiger partial charge in [0.2, 0.25) is 10.4 Å². The average molecular weight is 227 g/mol. The lowest BCUT2D eigenvalue weighted by atomic mass is 10.2. The fourth-order valence-corrected chi connectivity index (χ4v) is 1.52. The number of hydrogen-bond donors (Lipinski definition) is 0. The first-order valence-electron chi connectivity index (χ1n) is 3.82. The second-order valence-corrected chi connectivity index (χ2v) is 3.63. The van der Waals surface area contributed by atoms with Crippen LogP contribution in [0.15, 0.2) is 41.8 Å². The second-order valence-electron chi connectivity index (χ2n) is 2.38. The Kier molecular flexibility index (Phi) is 4.43. The van der Waals surface area contributed by atoms with Crippen LogP contribution in [0, 0.1) is 0 Å². The van der Waals surface area contributed by atoms with Crippen molar-refractivity contribution in [3.05, 3.63) is 47.4 Å². The van der Waals surface area contributed by atoms with Crippen LogP contribution in [0.25, 0.3) is 0 Å². The molecular weight excluding hydrogens is 220 g/mol. The van der Waals surface area contributed by atoms with Gasteiger partial charge in [-0.2, -0.15) is 0 Å². The van der Waals surface area contributed by atoms with Gasteiger partial charge in [0.05, 0.1) is 0 Å². The number of carbonyl (C=O) groups excluding carboxylic acids is 2. The monoisotopic (exact) mass is 226 g/mol. The van der Waals surface area contributed by atoms with Crippen LogP contribution in [-0.2, 0) is 4.79 Å². The van der Waals surface area contributed by atoms with Crippen molar-refractivity contribution in [2.45, 2.75) is 0 Å². The van der Waals surface area contributed by atoms with Gasteiger partial charge in [0, 0.05) is 11.6 Å². The Morgan fingerprint density at radius 2 is 1.86 bits per heavy atom. The zero-order chi connectivity index (χ0) is 10.4. The predicted molar refractivity (Wildman–Crippen MR) is 58.4 cm³/mol. The summed E-state index contributed by atoms with van der Waals surface area (Å²) in [5.74, 6) is 0. The minimum Gasteiger partial charge on any atom is -0.281 e.